The van der Waals surface area contributed by atoms with E-state index in [1.807, 2.05) is 6.26 Å². The topological polar surface area (TPSA) is 95.8 Å². The number of aryl methyl sites for hydroxylation is 1. The Morgan fingerprint density at radius 3 is 2.44 bits per heavy atom. The van der Waals surface area contributed by atoms with Crippen molar-refractivity contribution in [2.24, 2.45) is 0 Å². The number of carbonyl (C=O) groups excluding carboxylic acids is 3. The van der Waals surface area contributed by atoms with Gasteiger partial charge in [0.1, 0.15) is 6.04 Å². The molecule has 1 saturated heterocycles. The van der Waals surface area contributed by atoms with Crippen molar-refractivity contribution < 1.29 is 18.9 Å². The minimum Gasteiger partial charge on any atom is -0.351 e. The normalized spacial score (nSPS) is 14.9. The fourth-order valence-electron chi connectivity index (χ4n) is 3.37. The molecule has 1 aliphatic rings. The SMILES string of the molecule is CSCCC(NC(=O)c1ccc(Cl)cc1Cl)C(=O)N1CCN(C(=O)c2cc(C)no2)CC1. The molecule has 0 aliphatic carbocycles. The minimum atomic E-state index is -0.694. The molecule has 2 aromatic rings. The fourth-order valence-corrected chi connectivity index (χ4v) is 4.34. The number of nitrogens with one attached hydrogen (secondary N) is 1. The molecular formula is C21H24Cl2N4O4S. The van der Waals surface area contributed by atoms with Crippen LogP contribution in [-0.4, -0.2) is 76.9 Å². The lowest BCUT2D eigenvalue weighted by Gasteiger charge is -2.36. The van der Waals surface area contributed by atoms with E-state index in [0.29, 0.717) is 49.1 Å². The molecule has 1 fully saturated rings. The lowest BCUT2D eigenvalue weighted by atomic mass is 10.1. The van der Waals surface area contributed by atoms with Gasteiger partial charge in [0.2, 0.25) is 11.7 Å². The third-order valence-corrected chi connectivity index (χ3v) is 6.30. The number of hydrogen-bond acceptors (Lipinski definition) is 6. The highest BCUT2D eigenvalue weighted by atomic mass is 35.5. The average Bonchev–Trinajstić information content (AvgIpc) is 3.21. The quantitative estimate of drug-likeness (QED) is 0.629. The maximum Gasteiger partial charge on any atom is 0.292 e. The van der Waals surface area contributed by atoms with Gasteiger partial charge in [0.15, 0.2) is 0 Å². The van der Waals surface area contributed by atoms with E-state index in [9.17, 15) is 14.4 Å². The zero-order valence-corrected chi connectivity index (χ0v) is 20.1. The largest absolute Gasteiger partial charge is 0.351 e. The first-order chi connectivity index (χ1) is 15.3. The number of thioether (sulfide) groups is 1. The first-order valence-electron chi connectivity index (χ1n) is 10.1. The number of rotatable bonds is 7. The monoisotopic (exact) mass is 498 g/mol. The Morgan fingerprint density at radius 2 is 1.84 bits per heavy atom. The summed E-state index contributed by atoms with van der Waals surface area (Å²) in [6.45, 7) is 3.22. The van der Waals surface area contributed by atoms with Crippen LogP contribution in [0.25, 0.3) is 0 Å². The summed E-state index contributed by atoms with van der Waals surface area (Å²) in [7, 11) is 0. The van der Waals surface area contributed by atoms with Crippen LogP contribution in [0, 0.1) is 6.92 Å². The predicted molar refractivity (Wildman–Crippen MR) is 124 cm³/mol. The van der Waals surface area contributed by atoms with Crippen LogP contribution in [0.5, 0.6) is 0 Å². The van der Waals surface area contributed by atoms with Gasteiger partial charge in [-0.05, 0) is 43.6 Å². The lowest BCUT2D eigenvalue weighted by molar-refractivity contribution is -0.134. The van der Waals surface area contributed by atoms with Crippen molar-refractivity contribution in [2.75, 3.05) is 38.2 Å². The van der Waals surface area contributed by atoms with E-state index >= 15 is 0 Å². The lowest BCUT2D eigenvalue weighted by Crippen LogP contribution is -2.56. The van der Waals surface area contributed by atoms with Gasteiger partial charge < -0.3 is 19.6 Å². The van der Waals surface area contributed by atoms with Crippen LogP contribution in [0.1, 0.15) is 33.0 Å². The Labute approximate surface area is 200 Å². The molecule has 8 nitrogen and oxygen atoms in total. The predicted octanol–water partition coefficient (Wildman–Crippen LogP) is 3.13. The third-order valence-electron chi connectivity index (χ3n) is 5.11. The molecule has 1 aliphatic heterocycles. The molecule has 0 spiro atoms. The minimum absolute atomic E-state index is 0.180. The van der Waals surface area contributed by atoms with Crippen molar-refractivity contribution in [3.8, 4) is 0 Å². The molecular weight excluding hydrogens is 475 g/mol. The molecule has 32 heavy (non-hydrogen) atoms. The van der Waals surface area contributed by atoms with Crippen molar-refractivity contribution in [3.63, 3.8) is 0 Å². The molecule has 172 valence electrons. The zero-order chi connectivity index (χ0) is 23.3. The van der Waals surface area contributed by atoms with Crippen molar-refractivity contribution >= 4 is 52.7 Å². The molecule has 0 saturated carbocycles. The Morgan fingerprint density at radius 1 is 1.16 bits per heavy atom. The second-order valence-electron chi connectivity index (χ2n) is 7.38. The summed E-state index contributed by atoms with van der Waals surface area (Å²) in [4.78, 5) is 41.8. The second kappa shape index (κ2) is 11.1. The van der Waals surface area contributed by atoms with Gasteiger partial charge in [-0.15, -0.1) is 0 Å². The van der Waals surface area contributed by atoms with Crippen molar-refractivity contribution in [3.05, 3.63) is 51.3 Å². The van der Waals surface area contributed by atoms with Crippen molar-refractivity contribution in [1.29, 1.82) is 0 Å². The zero-order valence-electron chi connectivity index (χ0n) is 17.8. The molecule has 1 aromatic carbocycles. The van der Waals surface area contributed by atoms with E-state index in [4.69, 9.17) is 27.7 Å². The van der Waals surface area contributed by atoms with Crippen LogP contribution in [0.15, 0.2) is 28.8 Å². The Balaban J connectivity index is 1.63. The van der Waals surface area contributed by atoms with Crippen LogP contribution in [0.3, 0.4) is 0 Å². The summed E-state index contributed by atoms with van der Waals surface area (Å²) in [5, 5.41) is 7.21. The molecule has 3 amide bonds. The van der Waals surface area contributed by atoms with Gasteiger partial charge in [-0.1, -0.05) is 28.4 Å². The maximum atomic E-state index is 13.2. The van der Waals surface area contributed by atoms with Crippen molar-refractivity contribution in [1.82, 2.24) is 20.3 Å². The summed E-state index contributed by atoms with van der Waals surface area (Å²) in [5.74, 6) is 0.0317. The van der Waals surface area contributed by atoms with Crippen LogP contribution in [0.2, 0.25) is 10.0 Å². The van der Waals surface area contributed by atoms with E-state index in [0.717, 1.165) is 0 Å². The molecule has 11 heteroatoms. The first-order valence-corrected chi connectivity index (χ1v) is 12.2. The summed E-state index contributed by atoms with van der Waals surface area (Å²) in [5.41, 5.74) is 0.895. The second-order valence-corrected chi connectivity index (χ2v) is 9.21. The van der Waals surface area contributed by atoms with Gasteiger partial charge >= 0.3 is 0 Å². The number of piperazine rings is 1. The van der Waals surface area contributed by atoms with Crippen LogP contribution < -0.4 is 5.32 Å². The highest BCUT2D eigenvalue weighted by Gasteiger charge is 2.31. The van der Waals surface area contributed by atoms with E-state index < -0.39 is 11.9 Å². The molecule has 1 atom stereocenters. The van der Waals surface area contributed by atoms with Gasteiger partial charge in [0.05, 0.1) is 16.3 Å². The van der Waals surface area contributed by atoms with Crippen LogP contribution in [0.4, 0.5) is 0 Å². The Hall–Kier alpha value is -2.23. The van der Waals surface area contributed by atoms with Gasteiger partial charge in [-0.25, -0.2) is 0 Å². The van der Waals surface area contributed by atoms with E-state index in [1.165, 1.54) is 12.1 Å². The molecule has 1 unspecified atom stereocenters. The number of nitrogens with zero attached hydrogens (tertiary/aromatic N) is 3. The van der Waals surface area contributed by atoms with Crippen molar-refractivity contribution in [2.45, 2.75) is 19.4 Å². The highest BCUT2D eigenvalue weighted by molar-refractivity contribution is 7.98. The Kier molecular flexibility index (Phi) is 8.44. The molecule has 0 radical (unpaired) electrons. The number of aromatic nitrogens is 1. The van der Waals surface area contributed by atoms with Gasteiger partial charge in [-0.3, -0.25) is 14.4 Å². The van der Waals surface area contributed by atoms with Gasteiger partial charge in [-0.2, -0.15) is 11.8 Å². The third kappa shape index (κ3) is 5.96. The fraction of sp³-hybridized carbons (Fsp3) is 0.429. The standard InChI is InChI=1S/C21H24Cl2N4O4S/c1-13-11-18(31-25-13)21(30)27-8-6-26(7-9-27)20(29)17(5-10-32-2)24-19(28)15-4-3-14(22)12-16(15)23/h3-4,11-12,17H,5-10H2,1-2H3,(H,24,28). The molecule has 3 rings (SSSR count). The Bertz CT molecular complexity index is 992. The number of halogens is 2. The molecule has 1 aromatic heterocycles. The summed E-state index contributed by atoms with van der Waals surface area (Å²) < 4.78 is 5.05. The van der Waals surface area contributed by atoms with Crippen LogP contribution in [-0.2, 0) is 4.79 Å². The van der Waals surface area contributed by atoms with Gasteiger partial charge in [0, 0.05) is 37.3 Å². The number of hydrogen-bond donors (Lipinski definition) is 1. The van der Waals surface area contributed by atoms with E-state index in [2.05, 4.69) is 10.5 Å². The molecule has 1 N–H and O–H groups in total. The average molecular weight is 499 g/mol. The van der Waals surface area contributed by atoms with Crippen LogP contribution >= 0.6 is 35.0 Å². The van der Waals surface area contributed by atoms with E-state index in [-0.39, 0.29) is 28.2 Å². The summed E-state index contributed by atoms with van der Waals surface area (Å²) in [6.07, 6.45) is 2.42. The van der Waals surface area contributed by atoms with E-state index in [1.54, 1.807) is 40.6 Å². The molecule has 0 bridgehead atoms. The molecule has 2 heterocycles. The maximum absolute atomic E-state index is 13.2. The van der Waals surface area contributed by atoms with Gasteiger partial charge in [0.25, 0.3) is 11.8 Å². The first kappa shape index (κ1) is 24.4. The number of carbonyl (C=O) groups is 3. The summed E-state index contributed by atoms with van der Waals surface area (Å²) in [6, 6.07) is 5.50. The number of benzene rings is 1. The summed E-state index contributed by atoms with van der Waals surface area (Å²) >= 11 is 13.6. The smallest absolute Gasteiger partial charge is 0.292 e. The number of amides is 3. The highest BCUT2D eigenvalue weighted by Crippen LogP contribution is 2.21.